The number of carbonyl (C=O) groups is 1. The van der Waals surface area contributed by atoms with Gasteiger partial charge < -0.3 is 19.7 Å². The molecule has 22 heavy (non-hydrogen) atoms. The Kier molecular flexibility index (Phi) is 3.90. The Bertz CT molecular complexity index is 680. The van der Waals surface area contributed by atoms with E-state index in [0.717, 1.165) is 17.0 Å². The lowest BCUT2D eigenvalue weighted by Gasteiger charge is -2.25. The summed E-state index contributed by atoms with van der Waals surface area (Å²) in [5.74, 6) is 0.701. The van der Waals surface area contributed by atoms with Gasteiger partial charge in [-0.1, -0.05) is 12.1 Å². The Balaban J connectivity index is 1.92. The van der Waals surface area contributed by atoms with Crippen molar-refractivity contribution in [1.29, 1.82) is 0 Å². The predicted molar refractivity (Wildman–Crippen MR) is 82.9 cm³/mol. The zero-order valence-electron chi connectivity index (χ0n) is 12.7. The lowest BCUT2D eigenvalue weighted by molar-refractivity contribution is 0.0715. The first-order valence-electron chi connectivity index (χ1n) is 7.37. The van der Waals surface area contributed by atoms with Crippen molar-refractivity contribution in [3.8, 4) is 5.75 Å². The first-order valence-corrected chi connectivity index (χ1v) is 7.37. The number of aliphatic hydroxyl groups excluding tert-OH is 1. The molecule has 0 aliphatic carbocycles. The summed E-state index contributed by atoms with van der Waals surface area (Å²) in [4.78, 5) is 17.5. The highest BCUT2D eigenvalue weighted by Crippen LogP contribution is 2.35. The Morgan fingerprint density at radius 1 is 1.41 bits per heavy atom. The summed E-state index contributed by atoms with van der Waals surface area (Å²) in [7, 11) is 1.62. The van der Waals surface area contributed by atoms with Gasteiger partial charge in [0, 0.05) is 18.4 Å². The molecule has 1 aromatic heterocycles. The van der Waals surface area contributed by atoms with Crippen molar-refractivity contribution in [1.82, 2.24) is 9.88 Å². The minimum atomic E-state index is -0.501. The van der Waals surface area contributed by atoms with Crippen LogP contribution >= 0.6 is 0 Å². The van der Waals surface area contributed by atoms with E-state index < -0.39 is 6.10 Å². The van der Waals surface area contributed by atoms with E-state index in [1.54, 1.807) is 24.3 Å². The van der Waals surface area contributed by atoms with E-state index in [4.69, 9.17) is 4.74 Å². The third-order valence-electron chi connectivity index (χ3n) is 4.20. The van der Waals surface area contributed by atoms with Crippen LogP contribution in [0.15, 0.2) is 36.5 Å². The molecule has 1 aliphatic heterocycles. The maximum atomic E-state index is 12.8. The smallest absolute Gasteiger partial charge is 0.256 e. The molecule has 3 rings (SSSR count). The summed E-state index contributed by atoms with van der Waals surface area (Å²) in [6.45, 7) is 2.23. The monoisotopic (exact) mass is 300 g/mol. The van der Waals surface area contributed by atoms with Crippen LogP contribution in [0.25, 0.3) is 0 Å². The van der Waals surface area contributed by atoms with Gasteiger partial charge in [-0.25, -0.2) is 0 Å². The highest BCUT2D eigenvalue weighted by atomic mass is 16.5. The summed E-state index contributed by atoms with van der Waals surface area (Å²) < 4.78 is 5.26. The molecule has 1 aromatic carbocycles. The molecule has 0 radical (unpaired) electrons. The average Bonchev–Trinajstić information content (AvgIpc) is 3.12. The van der Waals surface area contributed by atoms with Crippen LogP contribution in [0, 0.1) is 6.92 Å². The number of nitrogens with one attached hydrogen (secondary N) is 1. The zero-order chi connectivity index (χ0) is 15.7. The largest absolute Gasteiger partial charge is 0.497 e. The van der Waals surface area contributed by atoms with E-state index in [0.29, 0.717) is 18.5 Å². The number of β-amino-alcohol motifs (C(OH)–C–C–N with tert-alkyl or cyclic N) is 1. The van der Waals surface area contributed by atoms with Gasteiger partial charge in [0.2, 0.25) is 0 Å². The number of aromatic amines is 1. The van der Waals surface area contributed by atoms with E-state index in [-0.39, 0.29) is 11.9 Å². The van der Waals surface area contributed by atoms with Gasteiger partial charge in [0.15, 0.2) is 0 Å². The zero-order valence-corrected chi connectivity index (χ0v) is 12.7. The molecule has 5 heteroatoms. The Labute approximate surface area is 129 Å². The van der Waals surface area contributed by atoms with Gasteiger partial charge in [-0.05, 0) is 37.1 Å². The number of aliphatic hydroxyl groups is 1. The lowest BCUT2D eigenvalue weighted by Crippen LogP contribution is -2.32. The van der Waals surface area contributed by atoms with E-state index in [1.807, 2.05) is 31.2 Å². The molecule has 0 unspecified atom stereocenters. The standard InChI is InChI=1S/C17H20N2O3/c1-11-15(6-7-18-11)17(21)19-10-13(20)9-16(19)12-4-3-5-14(8-12)22-2/h3-8,13,16,18,20H,9-10H2,1-2H3/t13-,16+/m0/s1. The molecule has 0 spiro atoms. The van der Waals surface area contributed by atoms with Gasteiger partial charge in [-0.15, -0.1) is 0 Å². The summed E-state index contributed by atoms with van der Waals surface area (Å²) >= 11 is 0. The van der Waals surface area contributed by atoms with Crippen molar-refractivity contribution in [3.63, 3.8) is 0 Å². The van der Waals surface area contributed by atoms with Crippen LogP contribution in [-0.2, 0) is 0 Å². The fourth-order valence-electron chi connectivity index (χ4n) is 3.04. The number of hydrogen-bond acceptors (Lipinski definition) is 3. The number of nitrogens with zero attached hydrogens (tertiary/aromatic N) is 1. The second kappa shape index (κ2) is 5.85. The maximum absolute atomic E-state index is 12.8. The molecular formula is C17H20N2O3. The number of carbonyl (C=O) groups excluding carboxylic acids is 1. The average molecular weight is 300 g/mol. The van der Waals surface area contributed by atoms with Gasteiger partial charge in [-0.2, -0.15) is 0 Å². The molecule has 1 aliphatic rings. The molecule has 2 N–H and O–H groups in total. The number of methoxy groups -OCH3 is 1. The summed E-state index contributed by atoms with van der Waals surface area (Å²) in [5, 5.41) is 10.0. The SMILES string of the molecule is COc1cccc([C@H]2C[C@H](O)CN2C(=O)c2cc[nH]c2C)c1. The summed E-state index contributed by atoms with van der Waals surface area (Å²) in [5.41, 5.74) is 2.48. The molecule has 2 atom stereocenters. The topological polar surface area (TPSA) is 65.6 Å². The highest BCUT2D eigenvalue weighted by molar-refractivity contribution is 5.95. The van der Waals surface area contributed by atoms with Crippen LogP contribution in [0.5, 0.6) is 5.75 Å². The minimum Gasteiger partial charge on any atom is -0.497 e. The number of rotatable bonds is 3. The van der Waals surface area contributed by atoms with Gasteiger partial charge >= 0.3 is 0 Å². The summed E-state index contributed by atoms with van der Waals surface area (Å²) in [6.07, 6.45) is 1.80. The fraction of sp³-hybridized carbons (Fsp3) is 0.353. The molecule has 2 heterocycles. The second-order valence-corrected chi connectivity index (χ2v) is 5.66. The third-order valence-corrected chi connectivity index (χ3v) is 4.20. The number of benzene rings is 1. The van der Waals surface area contributed by atoms with Gasteiger partial charge in [-0.3, -0.25) is 4.79 Å². The number of H-pyrrole nitrogens is 1. The van der Waals surface area contributed by atoms with Crippen LogP contribution in [-0.4, -0.2) is 40.7 Å². The lowest BCUT2D eigenvalue weighted by atomic mass is 10.0. The van der Waals surface area contributed by atoms with Crippen molar-refractivity contribution in [2.24, 2.45) is 0 Å². The Morgan fingerprint density at radius 2 is 2.23 bits per heavy atom. The van der Waals surface area contributed by atoms with Gasteiger partial charge in [0.05, 0.1) is 24.8 Å². The number of ether oxygens (including phenoxy) is 1. The molecule has 2 aromatic rings. The minimum absolute atomic E-state index is 0.0527. The fourth-order valence-corrected chi connectivity index (χ4v) is 3.04. The molecule has 0 saturated carbocycles. The first-order chi connectivity index (χ1) is 10.6. The van der Waals surface area contributed by atoms with Crippen molar-refractivity contribution in [2.45, 2.75) is 25.5 Å². The molecule has 0 bridgehead atoms. The highest BCUT2D eigenvalue weighted by Gasteiger charge is 2.36. The second-order valence-electron chi connectivity index (χ2n) is 5.66. The predicted octanol–water partition coefficient (Wildman–Crippen LogP) is 2.28. The molecule has 116 valence electrons. The van der Waals surface area contributed by atoms with Crippen LogP contribution in [0.2, 0.25) is 0 Å². The number of aromatic nitrogens is 1. The van der Waals surface area contributed by atoms with Gasteiger partial charge in [0.25, 0.3) is 5.91 Å². The summed E-state index contributed by atoms with van der Waals surface area (Å²) in [6, 6.07) is 9.32. The van der Waals surface area contributed by atoms with E-state index in [1.165, 1.54) is 0 Å². The van der Waals surface area contributed by atoms with Crippen LogP contribution in [0.3, 0.4) is 0 Å². The number of aryl methyl sites for hydroxylation is 1. The molecule has 5 nitrogen and oxygen atoms in total. The molecule has 1 fully saturated rings. The Morgan fingerprint density at radius 3 is 2.91 bits per heavy atom. The normalized spacial score (nSPS) is 21.1. The van der Waals surface area contributed by atoms with E-state index in [2.05, 4.69) is 4.98 Å². The maximum Gasteiger partial charge on any atom is 0.256 e. The first kappa shape index (κ1) is 14.7. The Hall–Kier alpha value is -2.27. The third kappa shape index (κ3) is 2.60. The van der Waals surface area contributed by atoms with Crippen molar-refractivity contribution >= 4 is 5.91 Å². The number of hydrogen-bond donors (Lipinski definition) is 2. The van der Waals surface area contributed by atoms with E-state index >= 15 is 0 Å². The van der Waals surface area contributed by atoms with E-state index in [9.17, 15) is 9.90 Å². The van der Waals surface area contributed by atoms with Crippen molar-refractivity contribution < 1.29 is 14.6 Å². The molecule has 1 amide bonds. The van der Waals surface area contributed by atoms with Crippen molar-refractivity contribution in [3.05, 3.63) is 53.3 Å². The van der Waals surface area contributed by atoms with Crippen molar-refractivity contribution in [2.75, 3.05) is 13.7 Å². The molecular weight excluding hydrogens is 280 g/mol. The van der Waals surface area contributed by atoms with Gasteiger partial charge in [0.1, 0.15) is 5.75 Å². The quantitative estimate of drug-likeness (QED) is 0.914. The number of likely N-dealkylation sites (tertiary alicyclic amines) is 1. The van der Waals surface area contributed by atoms with Crippen LogP contribution in [0.1, 0.15) is 34.1 Å². The molecule has 1 saturated heterocycles. The number of amides is 1. The van der Waals surface area contributed by atoms with Crippen LogP contribution in [0.4, 0.5) is 0 Å². The van der Waals surface area contributed by atoms with Crippen LogP contribution < -0.4 is 4.74 Å².